The van der Waals surface area contributed by atoms with Crippen molar-refractivity contribution >= 4 is 11.8 Å². The van der Waals surface area contributed by atoms with Crippen LogP contribution in [-0.4, -0.2) is 46.7 Å². The number of rotatable bonds is 14. The zero-order chi connectivity index (χ0) is 29.7. The third-order valence-corrected chi connectivity index (χ3v) is 7.35. The van der Waals surface area contributed by atoms with Crippen LogP contribution < -0.4 is 10.8 Å². The first kappa shape index (κ1) is 31.3. The highest BCUT2D eigenvalue weighted by atomic mass is 16.7. The number of benzene rings is 3. The zero-order valence-corrected chi connectivity index (χ0v) is 24.1. The number of amides is 2. The summed E-state index contributed by atoms with van der Waals surface area (Å²) in [6, 6.07) is 26.1. The molecule has 0 spiro atoms. The Balaban J connectivity index is 1.36. The number of aliphatic hydroxyl groups excluding tert-OH is 1. The van der Waals surface area contributed by atoms with Gasteiger partial charge < -0.3 is 19.9 Å². The molecule has 224 valence electrons. The van der Waals surface area contributed by atoms with Gasteiger partial charge in [-0.3, -0.25) is 19.7 Å². The smallest absolute Gasteiger partial charge is 0.243 e. The highest BCUT2D eigenvalue weighted by Gasteiger charge is 2.32. The van der Waals surface area contributed by atoms with E-state index in [0.717, 1.165) is 35.3 Å². The topological polar surface area (TPSA) is 120 Å². The van der Waals surface area contributed by atoms with E-state index in [1.165, 1.54) is 5.56 Å². The second kappa shape index (κ2) is 16.1. The molecule has 3 aromatic carbocycles. The summed E-state index contributed by atoms with van der Waals surface area (Å²) in [6.45, 7) is 1.96. The lowest BCUT2D eigenvalue weighted by Crippen LogP contribution is -2.37. The summed E-state index contributed by atoms with van der Waals surface area (Å²) in [4.78, 5) is 25.5. The molecule has 0 unspecified atom stereocenters. The Morgan fingerprint density at radius 1 is 0.833 bits per heavy atom. The van der Waals surface area contributed by atoms with E-state index in [4.69, 9.17) is 14.7 Å². The first-order valence-electron chi connectivity index (χ1n) is 14.4. The van der Waals surface area contributed by atoms with Crippen molar-refractivity contribution in [2.75, 3.05) is 13.6 Å². The number of aliphatic hydroxyl groups is 1. The lowest BCUT2D eigenvalue weighted by atomic mass is 9.99. The largest absolute Gasteiger partial charge is 0.392 e. The van der Waals surface area contributed by atoms with Crippen molar-refractivity contribution in [2.45, 2.75) is 70.3 Å². The number of hydrogen-bond donors (Lipinski definition) is 4. The highest BCUT2D eigenvalue weighted by Crippen LogP contribution is 2.38. The molecule has 1 fully saturated rings. The van der Waals surface area contributed by atoms with Crippen molar-refractivity contribution < 1.29 is 29.4 Å². The van der Waals surface area contributed by atoms with E-state index in [1.54, 1.807) is 5.48 Å². The molecular formula is C33H41N3O6. The van der Waals surface area contributed by atoms with Crippen molar-refractivity contribution in [3.8, 4) is 0 Å². The predicted octanol–water partition coefficient (Wildman–Crippen LogP) is 4.54. The lowest BCUT2D eigenvalue weighted by Gasteiger charge is -2.38. The van der Waals surface area contributed by atoms with Crippen LogP contribution in [0.2, 0.25) is 0 Å². The number of likely N-dealkylation sites (N-methyl/N-ethyl adjacent to an activating group) is 1. The molecule has 9 nitrogen and oxygen atoms in total. The van der Waals surface area contributed by atoms with Gasteiger partial charge in [0.25, 0.3) is 0 Å². The van der Waals surface area contributed by atoms with Crippen molar-refractivity contribution in [2.24, 2.45) is 0 Å². The second-order valence-corrected chi connectivity index (χ2v) is 10.8. The number of nitrogens with zero attached hydrogens (tertiary/aromatic N) is 1. The van der Waals surface area contributed by atoms with Crippen molar-refractivity contribution in [1.82, 2.24) is 15.7 Å². The van der Waals surface area contributed by atoms with Crippen LogP contribution >= 0.6 is 0 Å². The van der Waals surface area contributed by atoms with Crippen molar-refractivity contribution in [1.29, 1.82) is 0 Å². The first-order chi connectivity index (χ1) is 20.4. The molecule has 1 aliphatic heterocycles. The number of hydroxylamine groups is 1. The van der Waals surface area contributed by atoms with Gasteiger partial charge in [-0.25, -0.2) is 5.48 Å². The van der Waals surface area contributed by atoms with Gasteiger partial charge in [-0.2, -0.15) is 0 Å². The molecule has 4 rings (SSSR count). The second-order valence-electron chi connectivity index (χ2n) is 10.8. The maximum absolute atomic E-state index is 12.2. The molecule has 42 heavy (non-hydrogen) atoms. The quantitative estimate of drug-likeness (QED) is 0.127. The van der Waals surface area contributed by atoms with Gasteiger partial charge in [-0.15, -0.1) is 0 Å². The van der Waals surface area contributed by atoms with Crippen LogP contribution in [0.25, 0.3) is 0 Å². The van der Waals surface area contributed by atoms with E-state index in [9.17, 15) is 14.7 Å². The van der Waals surface area contributed by atoms with Gasteiger partial charge in [0.15, 0.2) is 6.29 Å². The fourth-order valence-corrected chi connectivity index (χ4v) is 5.05. The van der Waals surface area contributed by atoms with Gasteiger partial charge in [-0.05, 0) is 42.1 Å². The average molecular weight is 576 g/mol. The molecule has 0 bridgehead atoms. The minimum atomic E-state index is -0.545. The van der Waals surface area contributed by atoms with Crippen LogP contribution in [0.1, 0.15) is 72.3 Å². The summed E-state index contributed by atoms with van der Waals surface area (Å²) in [7, 11) is 2.10. The average Bonchev–Trinajstić information content (AvgIpc) is 3.02. The molecule has 1 heterocycles. The predicted molar refractivity (Wildman–Crippen MR) is 158 cm³/mol. The Morgan fingerprint density at radius 3 is 2.14 bits per heavy atom. The van der Waals surface area contributed by atoms with Crippen LogP contribution in [0.5, 0.6) is 0 Å². The highest BCUT2D eigenvalue weighted by molar-refractivity contribution is 5.76. The molecule has 1 saturated heterocycles. The van der Waals surface area contributed by atoms with E-state index in [0.29, 0.717) is 32.2 Å². The molecule has 9 heteroatoms. The molecule has 0 aliphatic carbocycles. The summed E-state index contributed by atoms with van der Waals surface area (Å²) < 4.78 is 12.9. The van der Waals surface area contributed by atoms with Gasteiger partial charge in [0.1, 0.15) is 0 Å². The molecule has 3 atom stereocenters. The normalized spacial score (nSPS) is 18.5. The van der Waals surface area contributed by atoms with Crippen molar-refractivity contribution in [3.05, 3.63) is 107 Å². The Morgan fingerprint density at radius 2 is 1.48 bits per heavy atom. The number of ether oxygens (including phenoxy) is 2. The monoisotopic (exact) mass is 575 g/mol. The molecule has 0 saturated carbocycles. The van der Waals surface area contributed by atoms with E-state index in [2.05, 4.69) is 29.4 Å². The molecule has 0 radical (unpaired) electrons. The third kappa shape index (κ3) is 9.75. The molecule has 0 aromatic heterocycles. The standard InChI is InChI=1S/C33H41N3O6/c1-36(21-25-7-3-2-4-8-25)22-29-19-30(27-15-13-26(23-37)14-16-27)42-33(41-29)28-17-11-24(12-18-28)20-34-31(38)9-5-6-10-32(39)35-40/h2-4,7-8,11-18,29-30,33,37,40H,5-6,9-10,19-23H2,1H3,(H,34,38)(H,35,39)/t29-,30+,33+/m1/s1. The Labute approximate surface area is 247 Å². The number of unbranched alkanes of at least 4 members (excludes halogenated alkanes) is 1. The summed E-state index contributed by atoms with van der Waals surface area (Å²) in [5.74, 6) is -0.530. The third-order valence-electron chi connectivity index (χ3n) is 7.35. The van der Waals surface area contributed by atoms with E-state index < -0.39 is 12.2 Å². The van der Waals surface area contributed by atoms with Gasteiger partial charge in [-0.1, -0.05) is 78.9 Å². The number of hydrogen-bond acceptors (Lipinski definition) is 7. The molecule has 1 aliphatic rings. The molecule has 4 N–H and O–H groups in total. The molecule has 2 amide bonds. The van der Waals surface area contributed by atoms with Crippen LogP contribution in [0.4, 0.5) is 0 Å². The van der Waals surface area contributed by atoms with Gasteiger partial charge >= 0.3 is 0 Å². The SMILES string of the molecule is CN(Cc1ccccc1)C[C@H]1C[C@@H](c2ccc(CO)cc2)O[C@@H](c2ccc(CNC(=O)CCCCC(=O)NO)cc2)O1. The van der Waals surface area contributed by atoms with E-state index in [1.807, 2.05) is 66.7 Å². The summed E-state index contributed by atoms with van der Waals surface area (Å²) in [5.41, 5.74) is 6.61. The molecule has 3 aromatic rings. The van der Waals surface area contributed by atoms with Gasteiger partial charge in [0.2, 0.25) is 11.8 Å². The van der Waals surface area contributed by atoms with Crippen LogP contribution in [0.15, 0.2) is 78.9 Å². The van der Waals surface area contributed by atoms with Crippen molar-refractivity contribution in [3.63, 3.8) is 0 Å². The van der Waals surface area contributed by atoms with E-state index >= 15 is 0 Å². The van der Waals surface area contributed by atoms with E-state index in [-0.39, 0.29) is 31.1 Å². The van der Waals surface area contributed by atoms with Crippen LogP contribution in [-0.2, 0) is 38.8 Å². The summed E-state index contributed by atoms with van der Waals surface area (Å²) >= 11 is 0. The van der Waals surface area contributed by atoms with Crippen LogP contribution in [0.3, 0.4) is 0 Å². The van der Waals surface area contributed by atoms with Gasteiger partial charge in [0, 0.05) is 44.5 Å². The summed E-state index contributed by atoms with van der Waals surface area (Å²) in [5, 5.41) is 20.9. The fourth-order valence-electron chi connectivity index (χ4n) is 5.05. The van der Waals surface area contributed by atoms with Gasteiger partial charge in [0.05, 0.1) is 18.8 Å². The molecular weight excluding hydrogens is 534 g/mol. The Hall–Kier alpha value is -3.60. The number of carbonyl (C=O) groups is 2. The summed E-state index contributed by atoms with van der Waals surface area (Å²) in [6.07, 6.45) is 1.57. The zero-order valence-electron chi connectivity index (χ0n) is 24.1. The van der Waals surface area contributed by atoms with Crippen LogP contribution in [0, 0.1) is 0 Å². The maximum Gasteiger partial charge on any atom is 0.243 e. The minimum Gasteiger partial charge on any atom is -0.392 e. The lowest BCUT2D eigenvalue weighted by molar-refractivity contribution is -0.252. The fraction of sp³-hybridized carbons (Fsp3) is 0.394. The minimum absolute atomic E-state index is 0.000595. The first-order valence-corrected chi connectivity index (χ1v) is 14.4. The number of nitrogens with one attached hydrogen (secondary N) is 2. The Bertz CT molecular complexity index is 1250. The number of carbonyl (C=O) groups excluding carboxylic acids is 2. The Kier molecular flexibility index (Phi) is 12.0. The maximum atomic E-state index is 12.2.